The molecule has 18 heavy (non-hydrogen) atoms. The zero-order chi connectivity index (χ0) is 13.5. The molecule has 0 aliphatic carbocycles. The average Bonchev–Trinajstić information content (AvgIpc) is 2.25. The van der Waals surface area contributed by atoms with E-state index in [2.05, 4.69) is 51.4 Å². The standard InChI is InChI=1S/C16H29NO/c1-13(2)7-6-10-18-16-8-9-17(11-14(3)4)12-15(16)5/h13-16H,8-12H2,1-5H3/t15-,16-/m0/s1. The van der Waals surface area contributed by atoms with E-state index in [4.69, 9.17) is 4.74 Å². The number of nitrogens with zero attached hydrogens (tertiary/aromatic N) is 1. The van der Waals surface area contributed by atoms with Gasteiger partial charge in [0, 0.05) is 25.6 Å². The van der Waals surface area contributed by atoms with Crippen molar-refractivity contribution in [3.05, 3.63) is 0 Å². The summed E-state index contributed by atoms with van der Waals surface area (Å²) in [6.45, 7) is 15.2. The van der Waals surface area contributed by atoms with E-state index in [-0.39, 0.29) is 0 Å². The maximum atomic E-state index is 5.90. The molecular weight excluding hydrogens is 222 g/mol. The normalized spacial score (nSPS) is 25.3. The van der Waals surface area contributed by atoms with Gasteiger partial charge in [-0.15, -0.1) is 0 Å². The fourth-order valence-corrected chi connectivity index (χ4v) is 2.53. The molecule has 0 unspecified atom stereocenters. The van der Waals surface area contributed by atoms with Crippen molar-refractivity contribution in [2.24, 2.45) is 17.8 Å². The van der Waals surface area contributed by atoms with Gasteiger partial charge in [-0.25, -0.2) is 0 Å². The zero-order valence-corrected chi connectivity index (χ0v) is 12.7. The lowest BCUT2D eigenvalue weighted by Crippen LogP contribution is -2.44. The van der Waals surface area contributed by atoms with Crippen LogP contribution in [0.4, 0.5) is 0 Å². The summed E-state index contributed by atoms with van der Waals surface area (Å²) < 4.78 is 5.90. The Hall–Kier alpha value is -0.520. The molecule has 0 N–H and O–H groups in total. The molecule has 1 aliphatic rings. The second-order valence-electron chi connectivity index (χ2n) is 6.24. The third-order valence-corrected chi connectivity index (χ3v) is 3.29. The summed E-state index contributed by atoms with van der Waals surface area (Å²) in [7, 11) is 0. The summed E-state index contributed by atoms with van der Waals surface area (Å²) in [5, 5.41) is 0. The Balaban J connectivity index is 2.28. The minimum absolute atomic E-state index is 0.398. The molecule has 1 saturated heterocycles. The number of likely N-dealkylation sites (tertiary alicyclic amines) is 1. The van der Waals surface area contributed by atoms with Gasteiger partial charge in [-0.3, -0.25) is 0 Å². The van der Waals surface area contributed by atoms with E-state index in [1.54, 1.807) is 0 Å². The van der Waals surface area contributed by atoms with Gasteiger partial charge in [-0.05, 0) is 18.3 Å². The van der Waals surface area contributed by atoms with E-state index in [1.165, 1.54) is 19.6 Å². The Bertz CT molecular complexity index is 287. The molecule has 1 aliphatic heterocycles. The molecule has 1 rings (SSSR count). The number of piperidine rings is 1. The molecule has 0 spiro atoms. The molecule has 0 amide bonds. The molecule has 0 aromatic heterocycles. The average molecular weight is 251 g/mol. The van der Waals surface area contributed by atoms with Gasteiger partial charge >= 0.3 is 0 Å². The predicted octanol–water partition coefficient (Wildman–Crippen LogP) is 3.03. The van der Waals surface area contributed by atoms with Crippen LogP contribution < -0.4 is 0 Å². The fourth-order valence-electron chi connectivity index (χ4n) is 2.53. The Labute approximate surface area is 113 Å². The van der Waals surface area contributed by atoms with Crippen molar-refractivity contribution in [3.63, 3.8) is 0 Å². The molecule has 0 aromatic rings. The summed E-state index contributed by atoms with van der Waals surface area (Å²) >= 11 is 0. The van der Waals surface area contributed by atoms with E-state index in [0.717, 1.165) is 12.3 Å². The lowest BCUT2D eigenvalue weighted by molar-refractivity contribution is -0.0158. The largest absolute Gasteiger partial charge is 0.365 e. The second kappa shape index (κ2) is 7.81. The van der Waals surface area contributed by atoms with Gasteiger partial charge in [0.05, 0.1) is 6.10 Å². The van der Waals surface area contributed by atoms with E-state index < -0.39 is 0 Å². The highest BCUT2D eigenvalue weighted by Crippen LogP contribution is 2.20. The van der Waals surface area contributed by atoms with E-state index >= 15 is 0 Å². The van der Waals surface area contributed by atoms with Crippen LogP contribution in [0.1, 0.15) is 41.0 Å². The maximum Gasteiger partial charge on any atom is 0.108 e. The smallest absolute Gasteiger partial charge is 0.108 e. The molecule has 0 radical (unpaired) electrons. The van der Waals surface area contributed by atoms with Crippen molar-refractivity contribution in [1.29, 1.82) is 0 Å². The van der Waals surface area contributed by atoms with Gasteiger partial charge in [0.2, 0.25) is 0 Å². The molecule has 2 nitrogen and oxygen atoms in total. The van der Waals surface area contributed by atoms with Crippen LogP contribution >= 0.6 is 0 Å². The minimum Gasteiger partial charge on any atom is -0.365 e. The highest BCUT2D eigenvalue weighted by Gasteiger charge is 2.26. The first-order chi connectivity index (χ1) is 8.49. The highest BCUT2D eigenvalue weighted by atomic mass is 16.5. The fraction of sp³-hybridized carbons (Fsp3) is 0.875. The van der Waals surface area contributed by atoms with E-state index in [1.807, 2.05) is 0 Å². The number of hydrogen-bond donors (Lipinski definition) is 0. The van der Waals surface area contributed by atoms with Crippen LogP contribution in [0.2, 0.25) is 0 Å². The first-order valence-electron chi connectivity index (χ1n) is 7.31. The zero-order valence-electron chi connectivity index (χ0n) is 12.7. The molecule has 2 heteroatoms. The van der Waals surface area contributed by atoms with E-state index in [9.17, 15) is 0 Å². The van der Waals surface area contributed by atoms with Gasteiger partial charge in [-0.2, -0.15) is 0 Å². The molecular formula is C16H29NO. The topological polar surface area (TPSA) is 12.5 Å². The van der Waals surface area contributed by atoms with Crippen LogP contribution in [-0.2, 0) is 4.74 Å². The van der Waals surface area contributed by atoms with Gasteiger partial charge in [-0.1, -0.05) is 46.5 Å². The van der Waals surface area contributed by atoms with Gasteiger partial charge in [0.25, 0.3) is 0 Å². The second-order valence-corrected chi connectivity index (χ2v) is 6.24. The SMILES string of the molecule is CC(C)C#CCO[C@H]1CCN(CC(C)C)C[C@@H]1C. The maximum absolute atomic E-state index is 5.90. The molecule has 0 aromatic carbocycles. The van der Waals surface area contributed by atoms with Crippen LogP contribution in [0.5, 0.6) is 0 Å². The van der Waals surface area contributed by atoms with Crippen molar-refractivity contribution in [2.45, 2.75) is 47.1 Å². The third kappa shape index (κ3) is 5.89. The Morgan fingerprint density at radius 2 is 2.00 bits per heavy atom. The predicted molar refractivity (Wildman–Crippen MR) is 77.4 cm³/mol. The monoisotopic (exact) mass is 251 g/mol. The van der Waals surface area contributed by atoms with Crippen molar-refractivity contribution in [3.8, 4) is 11.8 Å². The summed E-state index contributed by atoms with van der Waals surface area (Å²) in [6.07, 6.45) is 1.55. The van der Waals surface area contributed by atoms with Crippen molar-refractivity contribution in [2.75, 3.05) is 26.2 Å². The molecule has 1 fully saturated rings. The lowest BCUT2D eigenvalue weighted by Gasteiger charge is -2.37. The van der Waals surface area contributed by atoms with Crippen LogP contribution in [0.15, 0.2) is 0 Å². The third-order valence-electron chi connectivity index (χ3n) is 3.29. The van der Waals surface area contributed by atoms with E-state index in [0.29, 0.717) is 24.5 Å². The number of rotatable bonds is 4. The number of hydrogen-bond acceptors (Lipinski definition) is 2. The summed E-state index contributed by atoms with van der Waals surface area (Å²) in [6, 6.07) is 0. The summed E-state index contributed by atoms with van der Waals surface area (Å²) in [4.78, 5) is 2.56. The quantitative estimate of drug-likeness (QED) is 0.712. The Morgan fingerprint density at radius 3 is 2.56 bits per heavy atom. The van der Waals surface area contributed by atoms with Crippen LogP contribution in [0.3, 0.4) is 0 Å². The van der Waals surface area contributed by atoms with Crippen LogP contribution in [0.25, 0.3) is 0 Å². The lowest BCUT2D eigenvalue weighted by atomic mass is 9.96. The van der Waals surface area contributed by atoms with Gasteiger partial charge < -0.3 is 9.64 Å². The molecule has 0 bridgehead atoms. The minimum atomic E-state index is 0.398. The molecule has 2 atom stereocenters. The first-order valence-corrected chi connectivity index (χ1v) is 7.31. The molecule has 1 heterocycles. The van der Waals surface area contributed by atoms with Gasteiger partial charge in [0.15, 0.2) is 0 Å². The highest BCUT2D eigenvalue weighted by molar-refractivity contribution is 5.01. The van der Waals surface area contributed by atoms with Crippen molar-refractivity contribution >= 4 is 0 Å². The summed E-state index contributed by atoms with van der Waals surface area (Å²) in [5.41, 5.74) is 0. The number of ether oxygens (including phenoxy) is 1. The van der Waals surface area contributed by atoms with Gasteiger partial charge in [0.1, 0.15) is 6.61 Å². The Kier molecular flexibility index (Phi) is 6.75. The molecule has 104 valence electrons. The molecule has 0 saturated carbocycles. The van der Waals surface area contributed by atoms with Crippen LogP contribution in [-0.4, -0.2) is 37.2 Å². The van der Waals surface area contributed by atoms with Crippen molar-refractivity contribution < 1.29 is 4.74 Å². The first kappa shape index (κ1) is 15.5. The Morgan fingerprint density at radius 1 is 1.28 bits per heavy atom. The summed E-state index contributed by atoms with van der Waals surface area (Å²) in [5.74, 6) is 8.08. The van der Waals surface area contributed by atoms with Crippen LogP contribution in [0, 0.1) is 29.6 Å². The van der Waals surface area contributed by atoms with Crippen molar-refractivity contribution in [1.82, 2.24) is 4.90 Å².